The number of nitrogens with one attached hydrogen (secondary N) is 1. The minimum Gasteiger partial charge on any atom is -0.394 e. The summed E-state index contributed by atoms with van der Waals surface area (Å²) in [5.41, 5.74) is 0. The maximum absolute atomic E-state index is 13.2. The Morgan fingerprint density at radius 2 is 0.887 bits per heavy atom. The molecule has 2 saturated heterocycles. The minimum atomic E-state index is -1.80. The molecule has 0 spiro atoms. The van der Waals surface area contributed by atoms with Crippen molar-refractivity contribution in [2.24, 2.45) is 0 Å². The van der Waals surface area contributed by atoms with E-state index in [0.29, 0.717) is 12.8 Å². The highest BCUT2D eigenvalue weighted by molar-refractivity contribution is 5.76. The number of carbonyl (C=O) groups excluding carboxylic acids is 1. The smallest absolute Gasteiger partial charge is 0.220 e. The molecular weight excluding hydrogens is 1010 g/mol. The van der Waals surface area contributed by atoms with E-state index in [1.165, 1.54) is 51.4 Å². The lowest BCUT2D eigenvalue weighted by Crippen LogP contribution is -2.65. The first kappa shape index (κ1) is 72.2. The fraction of sp³-hybridized carbons (Fsp3) is 0.652. The fourth-order valence-electron chi connectivity index (χ4n) is 9.05. The fourth-order valence-corrected chi connectivity index (χ4v) is 9.05. The van der Waals surface area contributed by atoms with Crippen LogP contribution >= 0.6 is 0 Å². The molecule has 9 N–H and O–H groups in total. The first-order chi connectivity index (χ1) is 39.1. The average molecular weight is 1120 g/mol. The molecule has 0 saturated carbocycles. The number of aliphatic hydroxyl groups is 8. The number of allylic oxidation sites excluding steroid dienone is 21. The number of ether oxygens (including phenoxy) is 4. The van der Waals surface area contributed by atoms with E-state index >= 15 is 0 Å². The molecule has 0 radical (unpaired) electrons. The number of rotatable bonds is 46. The molecule has 0 aromatic rings. The third-order valence-corrected chi connectivity index (χ3v) is 13.9. The third-order valence-electron chi connectivity index (χ3n) is 13.9. The SMILES string of the molecule is C/C=C/CC/C=C/CC/C=C/C(O)C(COC1OC(CO)C(OC2OC(CO)C(O)C(O)C2O)C(O)C1O)NC(=O)CCCCCCCCCCCCCC/C=C\C/C=C\C/C=C\C/C=C\C/C=C\C/C=C\C/C=C\C/C=C\CC. The van der Waals surface area contributed by atoms with Crippen molar-refractivity contribution < 1.29 is 64.6 Å². The molecule has 0 bridgehead atoms. The molecular formula is C66H107NO13. The Morgan fingerprint density at radius 3 is 1.38 bits per heavy atom. The zero-order valence-corrected chi connectivity index (χ0v) is 48.8. The Labute approximate surface area is 481 Å². The van der Waals surface area contributed by atoms with Gasteiger partial charge >= 0.3 is 0 Å². The third kappa shape index (κ3) is 34.5. The highest BCUT2D eigenvalue weighted by Gasteiger charge is 2.51. The standard InChI is InChI=1S/C66H107NO13/c1-3-5-7-9-11-13-14-15-16-17-18-19-20-21-22-23-24-25-26-27-28-29-30-31-32-33-34-35-36-37-38-39-40-42-44-46-48-50-58(71)67-54(55(70)49-47-45-43-41-12-10-8-6-4-2)53-77-65-63(76)61(74)64(57(52-69)79-65)80-66-62(75)60(73)59(72)56(51-68)78-66/h4-7,11-13,15-16,18-19,21-22,24-25,27-28,30-31,41,47,49,54-57,59-66,68-70,72-76H,3,8-10,14,17,20,23,26,29,32-40,42-46,48,50-53H2,1-2H3,(H,67,71)/b6-4+,7-5-,13-11-,16-15-,19-18-,22-21-,25-24-,28-27-,31-30-,41-12+,49-47+. The van der Waals surface area contributed by atoms with Gasteiger partial charge < -0.3 is 65.1 Å². The lowest BCUT2D eigenvalue weighted by Gasteiger charge is -2.46. The van der Waals surface area contributed by atoms with Crippen LogP contribution in [0.15, 0.2) is 134 Å². The van der Waals surface area contributed by atoms with Gasteiger partial charge in [-0.2, -0.15) is 0 Å². The lowest BCUT2D eigenvalue weighted by molar-refractivity contribution is -0.359. The summed E-state index contributed by atoms with van der Waals surface area (Å²) in [7, 11) is 0. The number of unbranched alkanes of at least 4 members (excludes halogenated alkanes) is 14. The van der Waals surface area contributed by atoms with Gasteiger partial charge in [0.25, 0.3) is 0 Å². The van der Waals surface area contributed by atoms with Gasteiger partial charge in [0.05, 0.1) is 32.0 Å². The zero-order valence-electron chi connectivity index (χ0n) is 48.8. The van der Waals surface area contributed by atoms with Gasteiger partial charge in [0.2, 0.25) is 5.91 Å². The molecule has 80 heavy (non-hydrogen) atoms. The topological polar surface area (TPSA) is 228 Å². The van der Waals surface area contributed by atoms with E-state index in [-0.39, 0.29) is 18.9 Å². The van der Waals surface area contributed by atoms with Crippen LogP contribution in [0.25, 0.3) is 0 Å². The molecule has 1 amide bonds. The molecule has 12 atom stereocenters. The molecule has 2 rings (SSSR count). The molecule has 454 valence electrons. The number of aliphatic hydroxyl groups excluding tert-OH is 8. The maximum Gasteiger partial charge on any atom is 0.220 e. The van der Waals surface area contributed by atoms with Gasteiger partial charge in [-0.1, -0.05) is 205 Å². The molecule has 0 aliphatic carbocycles. The average Bonchev–Trinajstić information content (AvgIpc) is 3.49. The monoisotopic (exact) mass is 1120 g/mol. The van der Waals surface area contributed by atoms with Crippen LogP contribution in [-0.2, 0) is 23.7 Å². The van der Waals surface area contributed by atoms with E-state index in [4.69, 9.17) is 18.9 Å². The predicted molar refractivity (Wildman–Crippen MR) is 322 cm³/mol. The quantitative estimate of drug-likeness (QED) is 0.0204. The van der Waals surface area contributed by atoms with E-state index in [0.717, 1.165) is 96.3 Å². The lowest BCUT2D eigenvalue weighted by atomic mass is 9.97. The largest absolute Gasteiger partial charge is 0.394 e. The molecule has 2 aliphatic rings. The summed E-state index contributed by atoms with van der Waals surface area (Å²) in [6, 6.07) is -0.945. The van der Waals surface area contributed by atoms with Crippen LogP contribution in [0.3, 0.4) is 0 Å². The van der Waals surface area contributed by atoms with Crippen molar-refractivity contribution in [3.8, 4) is 0 Å². The molecule has 2 heterocycles. The number of amides is 1. The van der Waals surface area contributed by atoms with Gasteiger partial charge in [-0.25, -0.2) is 0 Å². The van der Waals surface area contributed by atoms with Crippen molar-refractivity contribution in [2.75, 3.05) is 19.8 Å². The Kier molecular flexibility index (Phi) is 44.9. The molecule has 2 aliphatic heterocycles. The van der Waals surface area contributed by atoms with Gasteiger partial charge in [0.15, 0.2) is 12.6 Å². The first-order valence-corrected chi connectivity index (χ1v) is 30.4. The van der Waals surface area contributed by atoms with Crippen LogP contribution in [0.5, 0.6) is 0 Å². The first-order valence-electron chi connectivity index (χ1n) is 30.4. The summed E-state index contributed by atoms with van der Waals surface area (Å²) in [4.78, 5) is 13.2. The number of hydrogen-bond donors (Lipinski definition) is 9. The van der Waals surface area contributed by atoms with Crippen LogP contribution in [0.1, 0.15) is 181 Å². The van der Waals surface area contributed by atoms with Crippen LogP contribution < -0.4 is 5.32 Å². The maximum atomic E-state index is 13.2. The van der Waals surface area contributed by atoms with Crippen molar-refractivity contribution in [3.63, 3.8) is 0 Å². The van der Waals surface area contributed by atoms with Gasteiger partial charge in [0.1, 0.15) is 48.8 Å². The Balaban J connectivity index is 1.60. The van der Waals surface area contributed by atoms with E-state index < -0.39 is 86.8 Å². The van der Waals surface area contributed by atoms with Gasteiger partial charge in [-0.15, -0.1) is 0 Å². The minimum absolute atomic E-state index is 0.258. The summed E-state index contributed by atoms with van der Waals surface area (Å²) in [5.74, 6) is -0.266. The molecule has 14 heteroatoms. The van der Waals surface area contributed by atoms with Crippen LogP contribution in [0.2, 0.25) is 0 Å². The highest BCUT2D eigenvalue weighted by atomic mass is 16.7. The van der Waals surface area contributed by atoms with E-state index in [9.17, 15) is 45.6 Å². The van der Waals surface area contributed by atoms with Gasteiger partial charge in [-0.05, 0) is 103 Å². The Hall–Kier alpha value is -3.87. The van der Waals surface area contributed by atoms with Gasteiger partial charge in [-0.3, -0.25) is 4.79 Å². The Morgan fingerprint density at radius 1 is 0.475 bits per heavy atom. The molecule has 0 aromatic heterocycles. The van der Waals surface area contributed by atoms with Crippen LogP contribution in [0.4, 0.5) is 0 Å². The summed E-state index contributed by atoms with van der Waals surface area (Å²) >= 11 is 0. The van der Waals surface area contributed by atoms with Crippen LogP contribution in [0, 0.1) is 0 Å². The van der Waals surface area contributed by atoms with Crippen molar-refractivity contribution in [1.82, 2.24) is 5.32 Å². The second kappa shape index (κ2) is 49.7. The summed E-state index contributed by atoms with van der Waals surface area (Å²) < 4.78 is 22.7. The zero-order chi connectivity index (χ0) is 58.1. The summed E-state index contributed by atoms with van der Waals surface area (Å²) in [5, 5.41) is 86.7. The number of carbonyl (C=O) groups is 1. The van der Waals surface area contributed by atoms with Crippen molar-refractivity contribution >= 4 is 5.91 Å². The second-order valence-corrected chi connectivity index (χ2v) is 20.7. The molecule has 0 aromatic carbocycles. The van der Waals surface area contributed by atoms with E-state index in [1.54, 1.807) is 6.08 Å². The van der Waals surface area contributed by atoms with Crippen molar-refractivity contribution in [2.45, 2.75) is 254 Å². The van der Waals surface area contributed by atoms with Gasteiger partial charge in [0, 0.05) is 6.42 Å². The molecule has 2 fully saturated rings. The van der Waals surface area contributed by atoms with E-state index in [2.05, 4.69) is 128 Å². The van der Waals surface area contributed by atoms with Crippen molar-refractivity contribution in [3.05, 3.63) is 134 Å². The highest BCUT2D eigenvalue weighted by Crippen LogP contribution is 2.30. The van der Waals surface area contributed by atoms with E-state index in [1.807, 2.05) is 19.1 Å². The predicted octanol–water partition coefficient (Wildman–Crippen LogP) is 10.8. The van der Waals surface area contributed by atoms with Crippen LogP contribution in [-0.4, -0.2) is 140 Å². The number of hydrogen-bond acceptors (Lipinski definition) is 13. The second-order valence-electron chi connectivity index (χ2n) is 20.7. The molecule has 12 unspecified atom stereocenters. The van der Waals surface area contributed by atoms with Crippen molar-refractivity contribution in [1.29, 1.82) is 0 Å². The Bertz CT molecular complexity index is 1850. The summed E-state index contributed by atoms with van der Waals surface area (Å²) in [6.07, 6.45) is 56.9. The molecule has 14 nitrogen and oxygen atoms in total. The summed E-state index contributed by atoms with van der Waals surface area (Å²) in [6.45, 7) is 2.38. The normalized spacial score (nSPS) is 25.2.